The fourth-order valence-electron chi connectivity index (χ4n) is 3.43. The Kier molecular flexibility index (Phi) is 5.88. The number of nitrogens with one attached hydrogen (secondary N) is 1. The minimum absolute atomic E-state index is 0.142. The second-order valence-electron chi connectivity index (χ2n) is 7.12. The van der Waals surface area contributed by atoms with Crippen molar-refractivity contribution in [1.29, 1.82) is 0 Å². The Hall–Kier alpha value is -3.81. The smallest absolute Gasteiger partial charge is 0.221 e. The van der Waals surface area contributed by atoms with Gasteiger partial charge in [0.15, 0.2) is 11.5 Å². The Morgan fingerprint density at radius 1 is 1.16 bits per heavy atom. The van der Waals surface area contributed by atoms with E-state index in [2.05, 4.69) is 15.3 Å². The minimum Gasteiger partial charge on any atom is -0.497 e. The van der Waals surface area contributed by atoms with E-state index in [0.29, 0.717) is 35.2 Å². The zero-order chi connectivity index (χ0) is 21.8. The zero-order valence-electron chi connectivity index (χ0n) is 17.7. The van der Waals surface area contributed by atoms with Gasteiger partial charge in [0.1, 0.15) is 28.9 Å². The average Bonchev–Trinajstić information content (AvgIpc) is 3.41. The molecule has 1 atom stereocenters. The summed E-state index contributed by atoms with van der Waals surface area (Å²) in [5.41, 5.74) is 2.31. The largest absolute Gasteiger partial charge is 0.497 e. The summed E-state index contributed by atoms with van der Waals surface area (Å²) >= 11 is 0. The Bertz CT molecular complexity index is 1140. The molecule has 0 saturated carbocycles. The van der Waals surface area contributed by atoms with Crippen LogP contribution in [0, 0.1) is 0 Å². The van der Waals surface area contributed by atoms with E-state index < -0.39 is 6.04 Å². The number of rotatable bonds is 8. The minimum atomic E-state index is -0.472. The van der Waals surface area contributed by atoms with Gasteiger partial charge in [-0.3, -0.25) is 4.79 Å². The summed E-state index contributed by atoms with van der Waals surface area (Å²) < 4.78 is 18.4. The number of para-hydroxylation sites is 2. The number of fused-ring (bicyclic) bond motifs is 1. The van der Waals surface area contributed by atoms with Gasteiger partial charge in [-0.05, 0) is 29.8 Å². The van der Waals surface area contributed by atoms with Gasteiger partial charge in [0.2, 0.25) is 5.91 Å². The van der Waals surface area contributed by atoms with Crippen LogP contribution < -0.4 is 14.8 Å². The van der Waals surface area contributed by atoms with Crippen molar-refractivity contribution in [3.63, 3.8) is 0 Å². The predicted octanol–water partition coefficient (Wildman–Crippen LogP) is 3.42. The third-order valence-electron chi connectivity index (χ3n) is 5.03. The van der Waals surface area contributed by atoms with Crippen LogP contribution in [-0.4, -0.2) is 34.7 Å². The molecule has 0 aliphatic rings. The molecule has 2 aromatic carbocycles. The molecule has 4 aromatic rings. The molecule has 0 aliphatic heterocycles. The molecule has 0 saturated heterocycles. The SMILES string of the molecule is COc1cc(OC)cc(C(NC(=O)CCc2nc3ccccc3o2)c2nccn2C)c1. The standard InChI is InChI=1S/C23H24N4O4/c1-27-11-10-24-23(27)22(15-12-16(29-2)14-17(13-15)30-3)26-20(28)8-9-21-25-18-6-4-5-7-19(18)31-21/h4-7,10-14,22H,8-9H2,1-3H3,(H,26,28). The molecule has 8 heteroatoms. The van der Waals surface area contributed by atoms with Crippen molar-refractivity contribution < 1.29 is 18.7 Å². The number of hydrogen-bond acceptors (Lipinski definition) is 6. The first kappa shape index (κ1) is 20.5. The van der Waals surface area contributed by atoms with Crippen LogP contribution >= 0.6 is 0 Å². The molecule has 0 fully saturated rings. The van der Waals surface area contributed by atoms with Gasteiger partial charge in [-0.15, -0.1) is 0 Å². The maximum atomic E-state index is 12.9. The predicted molar refractivity (Wildman–Crippen MR) is 115 cm³/mol. The van der Waals surface area contributed by atoms with Crippen LogP contribution in [0.1, 0.15) is 29.7 Å². The number of benzene rings is 2. The molecular weight excluding hydrogens is 396 g/mol. The average molecular weight is 420 g/mol. The first-order valence-electron chi connectivity index (χ1n) is 9.91. The highest BCUT2D eigenvalue weighted by molar-refractivity contribution is 5.77. The second kappa shape index (κ2) is 8.91. The summed E-state index contributed by atoms with van der Waals surface area (Å²) in [4.78, 5) is 21.7. The van der Waals surface area contributed by atoms with Crippen molar-refractivity contribution >= 4 is 17.0 Å². The summed E-state index contributed by atoms with van der Waals surface area (Å²) in [6, 6.07) is 12.6. The van der Waals surface area contributed by atoms with Gasteiger partial charge >= 0.3 is 0 Å². The molecule has 8 nitrogen and oxygen atoms in total. The number of nitrogens with zero attached hydrogens (tertiary/aromatic N) is 3. The van der Waals surface area contributed by atoms with Gasteiger partial charge < -0.3 is 23.8 Å². The number of aryl methyl sites for hydroxylation is 2. The number of ether oxygens (including phenoxy) is 2. The third kappa shape index (κ3) is 4.53. The molecule has 1 amide bonds. The van der Waals surface area contributed by atoms with Gasteiger partial charge in [-0.2, -0.15) is 0 Å². The Morgan fingerprint density at radius 2 is 1.90 bits per heavy atom. The molecule has 0 aliphatic carbocycles. The molecule has 1 unspecified atom stereocenters. The van der Waals surface area contributed by atoms with Gasteiger partial charge in [0.25, 0.3) is 0 Å². The van der Waals surface area contributed by atoms with Crippen LogP contribution in [-0.2, 0) is 18.3 Å². The van der Waals surface area contributed by atoms with Crippen molar-refractivity contribution in [2.75, 3.05) is 14.2 Å². The number of aromatic nitrogens is 3. The highest BCUT2D eigenvalue weighted by Gasteiger charge is 2.22. The van der Waals surface area contributed by atoms with Crippen LogP contribution in [0.2, 0.25) is 0 Å². The van der Waals surface area contributed by atoms with Crippen molar-refractivity contribution in [2.24, 2.45) is 7.05 Å². The zero-order valence-corrected chi connectivity index (χ0v) is 17.7. The van der Waals surface area contributed by atoms with E-state index in [1.807, 2.05) is 54.2 Å². The van der Waals surface area contributed by atoms with Crippen molar-refractivity contribution in [1.82, 2.24) is 19.9 Å². The lowest BCUT2D eigenvalue weighted by molar-refractivity contribution is -0.121. The van der Waals surface area contributed by atoms with Gasteiger partial charge in [-0.25, -0.2) is 9.97 Å². The van der Waals surface area contributed by atoms with Crippen LogP contribution in [0.5, 0.6) is 11.5 Å². The molecule has 31 heavy (non-hydrogen) atoms. The Balaban J connectivity index is 1.55. The van der Waals surface area contributed by atoms with Crippen molar-refractivity contribution in [3.8, 4) is 11.5 Å². The van der Waals surface area contributed by atoms with Crippen LogP contribution in [0.15, 0.2) is 59.3 Å². The van der Waals surface area contributed by atoms with Crippen molar-refractivity contribution in [2.45, 2.75) is 18.9 Å². The summed E-state index contributed by atoms with van der Waals surface area (Å²) in [5, 5.41) is 3.08. The lowest BCUT2D eigenvalue weighted by Crippen LogP contribution is -2.31. The van der Waals surface area contributed by atoms with E-state index in [9.17, 15) is 4.79 Å². The van der Waals surface area contributed by atoms with E-state index in [0.717, 1.165) is 11.1 Å². The Morgan fingerprint density at radius 3 is 2.55 bits per heavy atom. The lowest BCUT2D eigenvalue weighted by Gasteiger charge is -2.20. The van der Waals surface area contributed by atoms with E-state index in [-0.39, 0.29) is 12.3 Å². The fraction of sp³-hybridized carbons (Fsp3) is 0.261. The Labute approximate surface area is 179 Å². The van der Waals surface area contributed by atoms with Crippen LogP contribution in [0.4, 0.5) is 0 Å². The molecule has 0 radical (unpaired) electrons. The highest BCUT2D eigenvalue weighted by atomic mass is 16.5. The third-order valence-corrected chi connectivity index (χ3v) is 5.03. The maximum absolute atomic E-state index is 12.9. The maximum Gasteiger partial charge on any atom is 0.221 e. The van der Waals surface area contributed by atoms with E-state index >= 15 is 0 Å². The molecule has 0 spiro atoms. The first-order chi connectivity index (χ1) is 15.1. The van der Waals surface area contributed by atoms with Gasteiger partial charge in [0, 0.05) is 38.3 Å². The highest BCUT2D eigenvalue weighted by Crippen LogP contribution is 2.29. The normalized spacial score (nSPS) is 12.0. The number of imidazole rings is 1. The molecule has 1 N–H and O–H groups in total. The van der Waals surface area contributed by atoms with Crippen molar-refractivity contribution in [3.05, 3.63) is 72.1 Å². The number of hydrogen-bond donors (Lipinski definition) is 1. The second-order valence-corrected chi connectivity index (χ2v) is 7.12. The van der Waals surface area contributed by atoms with Gasteiger partial charge in [0.05, 0.1) is 14.2 Å². The molecular formula is C23H24N4O4. The summed E-state index contributed by atoms with van der Waals surface area (Å²) in [5.74, 6) is 2.36. The molecule has 2 aromatic heterocycles. The summed E-state index contributed by atoms with van der Waals surface area (Å²) in [6.45, 7) is 0. The number of carbonyl (C=O) groups is 1. The number of carbonyl (C=O) groups excluding carboxylic acids is 1. The number of methoxy groups -OCH3 is 2. The topological polar surface area (TPSA) is 91.4 Å². The van der Waals surface area contributed by atoms with Crippen LogP contribution in [0.25, 0.3) is 11.1 Å². The van der Waals surface area contributed by atoms with E-state index in [4.69, 9.17) is 13.9 Å². The molecule has 4 rings (SSSR count). The molecule has 0 bridgehead atoms. The fourth-order valence-corrected chi connectivity index (χ4v) is 3.43. The first-order valence-corrected chi connectivity index (χ1v) is 9.91. The number of oxazole rings is 1. The molecule has 160 valence electrons. The molecule has 2 heterocycles. The van der Waals surface area contributed by atoms with Gasteiger partial charge in [-0.1, -0.05) is 12.1 Å². The summed E-state index contributed by atoms with van der Waals surface area (Å²) in [7, 11) is 5.07. The van der Waals surface area contributed by atoms with Crippen LogP contribution in [0.3, 0.4) is 0 Å². The lowest BCUT2D eigenvalue weighted by atomic mass is 10.0. The monoisotopic (exact) mass is 420 g/mol. The summed E-state index contributed by atoms with van der Waals surface area (Å²) in [6.07, 6.45) is 4.17. The van der Waals surface area contributed by atoms with E-state index in [1.54, 1.807) is 26.5 Å². The van der Waals surface area contributed by atoms with E-state index in [1.165, 1.54) is 0 Å². The quantitative estimate of drug-likeness (QED) is 0.470. The number of amides is 1.